The predicted molar refractivity (Wildman–Crippen MR) is 149 cm³/mol. The van der Waals surface area contributed by atoms with Crippen LogP contribution in [0.2, 0.25) is 0 Å². The molecule has 1 aromatic heterocycles. The van der Waals surface area contributed by atoms with E-state index >= 15 is 0 Å². The lowest BCUT2D eigenvalue weighted by Crippen LogP contribution is -2.45. The summed E-state index contributed by atoms with van der Waals surface area (Å²) in [7, 11) is 1.63. The number of hydrogen-bond acceptors (Lipinski definition) is 9. The van der Waals surface area contributed by atoms with E-state index < -0.39 is 6.23 Å². The standard InChI is InChI=1S/C30H33N5O5/c1-3-25-29(21-11-12-26(38-2)27(16-21)39-23-9-4-5-10-23)34-35(28(19-36)40-25)18-20-7-6-8-22(15-20)33-30(37)24-17-31-13-14-32-24/h6-8,11-17,19,23,25,28H,3-5,9-10,18H2,1-2H3,(H,33,37). The number of hydrazone groups is 1. The Bertz CT molecular complexity index is 1360. The molecule has 2 aromatic carbocycles. The largest absolute Gasteiger partial charge is 0.493 e. The van der Waals surface area contributed by atoms with Gasteiger partial charge in [-0.25, -0.2) is 4.98 Å². The van der Waals surface area contributed by atoms with Crippen molar-refractivity contribution in [2.45, 2.75) is 64.0 Å². The molecule has 1 saturated carbocycles. The Kier molecular flexibility index (Phi) is 8.65. The lowest BCUT2D eigenvalue weighted by atomic mass is 10.0. The summed E-state index contributed by atoms with van der Waals surface area (Å²) in [6, 6.07) is 13.1. The molecule has 0 bridgehead atoms. The second kappa shape index (κ2) is 12.7. The maximum Gasteiger partial charge on any atom is 0.275 e. The van der Waals surface area contributed by atoms with E-state index in [1.54, 1.807) is 18.2 Å². The van der Waals surface area contributed by atoms with E-state index in [1.165, 1.54) is 31.4 Å². The Morgan fingerprint density at radius 3 is 2.73 bits per heavy atom. The summed E-state index contributed by atoms with van der Waals surface area (Å²) < 4.78 is 18.1. The number of rotatable bonds is 10. The van der Waals surface area contributed by atoms with Crippen LogP contribution in [0.15, 0.2) is 66.2 Å². The first-order chi connectivity index (χ1) is 19.6. The van der Waals surface area contributed by atoms with Gasteiger partial charge in [0.2, 0.25) is 6.23 Å². The Balaban J connectivity index is 1.39. The van der Waals surface area contributed by atoms with E-state index in [9.17, 15) is 9.59 Å². The minimum atomic E-state index is -0.848. The SMILES string of the molecule is CCC1OC(C=O)N(Cc2cccc(NC(=O)c3cnccn3)c2)N=C1c1ccc(OC)c(OC2CCCC2)c1. The monoisotopic (exact) mass is 543 g/mol. The highest BCUT2D eigenvalue weighted by atomic mass is 16.5. The molecule has 2 unspecified atom stereocenters. The number of aldehydes is 1. The predicted octanol–water partition coefficient (Wildman–Crippen LogP) is 4.60. The summed E-state index contributed by atoms with van der Waals surface area (Å²) in [6.45, 7) is 2.29. The van der Waals surface area contributed by atoms with Crippen LogP contribution in [0, 0.1) is 0 Å². The first-order valence-electron chi connectivity index (χ1n) is 13.5. The van der Waals surface area contributed by atoms with Gasteiger partial charge in [-0.3, -0.25) is 19.6 Å². The van der Waals surface area contributed by atoms with E-state index in [-0.39, 0.29) is 23.8 Å². The third-order valence-electron chi connectivity index (χ3n) is 7.01. The lowest BCUT2D eigenvalue weighted by Gasteiger charge is -2.35. The van der Waals surface area contributed by atoms with Gasteiger partial charge in [-0.1, -0.05) is 19.1 Å². The molecule has 2 heterocycles. The molecule has 2 aliphatic rings. The second-order valence-electron chi connectivity index (χ2n) is 9.78. The molecule has 40 heavy (non-hydrogen) atoms. The van der Waals surface area contributed by atoms with Crippen LogP contribution in [0.1, 0.15) is 60.6 Å². The van der Waals surface area contributed by atoms with Gasteiger partial charge in [0.15, 0.2) is 17.8 Å². The van der Waals surface area contributed by atoms with Crippen molar-refractivity contribution in [1.82, 2.24) is 15.0 Å². The van der Waals surface area contributed by atoms with Crippen molar-refractivity contribution < 1.29 is 23.8 Å². The summed E-state index contributed by atoms with van der Waals surface area (Å²) in [5.74, 6) is 0.989. The molecular weight excluding hydrogens is 510 g/mol. The molecule has 0 radical (unpaired) electrons. The van der Waals surface area contributed by atoms with Crippen LogP contribution in [-0.2, 0) is 16.1 Å². The molecule has 10 heteroatoms. The van der Waals surface area contributed by atoms with Crippen molar-refractivity contribution in [3.8, 4) is 11.5 Å². The summed E-state index contributed by atoms with van der Waals surface area (Å²) in [5, 5.41) is 9.37. The highest BCUT2D eigenvalue weighted by Gasteiger charge is 2.32. The summed E-state index contributed by atoms with van der Waals surface area (Å²) >= 11 is 0. The maximum atomic E-state index is 12.5. The molecule has 208 valence electrons. The molecule has 10 nitrogen and oxygen atoms in total. The van der Waals surface area contributed by atoms with E-state index in [0.717, 1.165) is 30.3 Å². The summed E-state index contributed by atoms with van der Waals surface area (Å²) in [6.07, 6.45) is 9.13. The highest BCUT2D eigenvalue weighted by Crippen LogP contribution is 2.34. The number of methoxy groups -OCH3 is 1. The van der Waals surface area contributed by atoms with Gasteiger partial charge < -0.3 is 19.5 Å². The zero-order valence-corrected chi connectivity index (χ0v) is 22.7. The van der Waals surface area contributed by atoms with Crippen molar-refractivity contribution in [2.75, 3.05) is 12.4 Å². The number of aromatic nitrogens is 2. The smallest absolute Gasteiger partial charge is 0.275 e. The van der Waals surface area contributed by atoms with Gasteiger partial charge in [-0.05, 0) is 68.0 Å². The van der Waals surface area contributed by atoms with Crippen molar-refractivity contribution in [3.63, 3.8) is 0 Å². The van der Waals surface area contributed by atoms with Crippen LogP contribution in [0.3, 0.4) is 0 Å². The Hall–Kier alpha value is -4.31. The fourth-order valence-corrected chi connectivity index (χ4v) is 4.98. The minimum absolute atomic E-state index is 0.174. The van der Waals surface area contributed by atoms with Gasteiger partial charge in [0.1, 0.15) is 11.8 Å². The summed E-state index contributed by atoms with van der Waals surface area (Å²) in [4.78, 5) is 32.5. The maximum absolute atomic E-state index is 12.5. The molecule has 5 rings (SSSR count). The van der Waals surface area contributed by atoms with Crippen LogP contribution < -0.4 is 14.8 Å². The highest BCUT2D eigenvalue weighted by molar-refractivity contribution is 6.04. The minimum Gasteiger partial charge on any atom is -0.493 e. The van der Waals surface area contributed by atoms with Crippen molar-refractivity contribution in [1.29, 1.82) is 0 Å². The number of hydrogen-bond donors (Lipinski definition) is 1. The fraction of sp³-hybridized carbons (Fsp3) is 0.367. The van der Waals surface area contributed by atoms with Gasteiger partial charge in [0.25, 0.3) is 5.91 Å². The molecule has 1 aliphatic carbocycles. The van der Waals surface area contributed by atoms with Gasteiger partial charge in [-0.15, -0.1) is 0 Å². The number of carbonyl (C=O) groups excluding carboxylic acids is 2. The summed E-state index contributed by atoms with van der Waals surface area (Å²) in [5.41, 5.74) is 3.21. The average Bonchev–Trinajstić information content (AvgIpc) is 3.50. The molecular formula is C30H33N5O5. The van der Waals surface area contributed by atoms with Crippen LogP contribution in [0.4, 0.5) is 5.69 Å². The number of amides is 1. The van der Waals surface area contributed by atoms with Crippen LogP contribution in [-0.4, -0.2) is 58.4 Å². The van der Waals surface area contributed by atoms with E-state index in [4.69, 9.17) is 19.3 Å². The number of ether oxygens (including phenoxy) is 3. The molecule has 1 N–H and O–H groups in total. The first-order valence-corrected chi connectivity index (χ1v) is 13.5. The van der Waals surface area contributed by atoms with Gasteiger partial charge >= 0.3 is 0 Å². The molecule has 0 saturated heterocycles. The topological polar surface area (TPSA) is 115 Å². The Morgan fingerprint density at radius 2 is 2.00 bits per heavy atom. The molecule has 1 fully saturated rings. The zero-order chi connectivity index (χ0) is 27.9. The van der Waals surface area contributed by atoms with Crippen molar-refractivity contribution in [2.24, 2.45) is 5.10 Å². The van der Waals surface area contributed by atoms with Crippen LogP contribution >= 0.6 is 0 Å². The number of carbonyl (C=O) groups is 2. The lowest BCUT2D eigenvalue weighted by molar-refractivity contribution is -0.139. The van der Waals surface area contributed by atoms with E-state index in [2.05, 4.69) is 15.3 Å². The third kappa shape index (κ3) is 6.28. The van der Waals surface area contributed by atoms with Crippen molar-refractivity contribution in [3.05, 3.63) is 77.9 Å². The molecule has 0 spiro atoms. The van der Waals surface area contributed by atoms with Crippen molar-refractivity contribution >= 4 is 23.6 Å². The first kappa shape index (κ1) is 27.3. The van der Waals surface area contributed by atoms with E-state index in [0.29, 0.717) is 35.9 Å². The molecule has 1 aliphatic heterocycles. The number of benzene rings is 2. The number of nitrogens with zero attached hydrogens (tertiary/aromatic N) is 4. The van der Waals surface area contributed by atoms with Crippen LogP contribution in [0.5, 0.6) is 11.5 Å². The average molecular weight is 544 g/mol. The number of nitrogens with one attached hydrogen (secondary N) is 1. The second-order valence-corrected chi connectivity index (χ2v) is 9.78. The fourth-order valence-electron chi connectivity index (χ4n) is 4.98. The quantitative estimate of drug-likeness (QED) is 0.369. The van der Waals surface area contributed by atoms with Crippen LogP contribution in [0.25, 0.3) is 0 Å². The van der Waals surface area contributed by atoms with Gasteiger partial charge in [0.05, 0.1) is 31.7 Å². The van der Waals surface area contributed by atoms with Gasteiger partial charge in [0, 0.05) is 23.6 Å². The Morgan fingerprint density at radius 1 is 1.15 bits per heavy atom. The normalized spacial score (nSPS) is 19.1. The van der Waals surface area contributed by atoms with Gasteiger partial charge in [-0.2, -0.15) is 5.10 Å². The molecule has 3 aromatic rings. The molecule has 1 amide bonds. The van der Waals surface area contributed by atoms with E-state index in [1.807, 2.05) is 43.3 Å². The molecule has 2 atom stereocenters. The zero-order valence-electron chi connectivity index (χ0n) is 22.7. The number of anilines is 1. The Labute approximate surface area is 233 Å². The third-order valence-corrected chi connectivity index (χ3v) is 7.01.